The second kappa shape index (κ2) is 9.96. The third-order valence-corrected chi connectivity index (χ3v) is 6.31. The van der Waals surface area contributed by atoms with Gasteiger partial charge in [0.1, 0.15) is 5.75 Å². The zero-order valence-electron chi connectivity index (χ0n) is 18.2. The molecule has 32 heavy (non-hydrogen) atoms. The first kappa shape index (κ1) is 22.7. The number of carbonyl (C=O) groups is 1. The predicted molar refractivity (Wildman–Crippen MR) is 116 cm³/mol. The zero-order valence-corrected chi connectivity index (χ0v) is 18.2. The van der Waals surface area contributed by atoms with Gasteiger partial charge in [-0.3, -0.25) is 4.79 Å². The zero-order chi connectivity index (χ0) is 22.6. The molecule has 2 aliphatic rings. The molecule has 0 aliphatic carbocycles. The van der Waals surface area contributed by atoms with Gasteiger partial charge < -0.3 is 19.1 Å². The summed E-state index contributed by atoms with van der Waals surface area (Å²) in [5.41, 5.74) is 1.15. The number of amides is 1. The maximum Gasteiger partial charge on any atom is 0.387 e. The molecule has 2 aromatic rings. The number of halogens is 2. The van der Waals surface area contributed by atoms with Crippen LogP contribution in [0.25, 0.3) is 0 Å². The first-order valence-corrected chi connectivity index (χ1v) is 11.2. The van der Waals surface area contributed by atoms with E-state index in [1.165, 1.54) is 12.1 Å². The fourth-order valence-corrected chi connectivity index (χ4v) is 4.80. The quantitative estimate of drug-likeness (QED) is 0.612. The van der Waals surface area contributed by atoms with Gasteiger partial charge >= 0.3 is 6.61 Å². The lowest BCUT2D eigenvalue weighted by molar-refractivity contribution is -0.190. The molecule has 0 saturated carbocycles. The lowest BCUT2D eigenvalue weighted by Gasteiger charge is -2.48. The van der Waals surface area contributed by atoms with Crippen LogP contribution in [0.1, 0.15) is 54.6 Å². The van der Waals surface area contributed by atoms with Crippen LogP contribution < -0.4 is 4.74 Å². The molecule has 2 fully saturated rings. The molecule has 7 heteroatoms. The lowest BCUT2D eigenvalue weighted by Crippen LogP contribution is -2.52. The number of carbonyl (C=O) groups excluding carboxylic acids is 1. The second-order valence-corrected chi connectivity index (χ2v) is 8.42. The van der Waals surface area contributed by atoms with Crippen LogP contribution in [0.3, 0.4) is 0 Å². The number of likely N-dealkylation sites (tertiary alicyclic amines) is 1. The fraction of sp³-hybridized carbons (Fsp3) is 0.480. The van der Waals surface area contributed by atoms with E-state index in [4.69, 9.17) is 9.47 Å². The largest absolute Gasteiger partial charge is 0.435 e. The Kier molecular flexibility index (Phi) is 7.06. The van der Waals surface area contributed by atoms with E-state index in [0.717, 1.165) is 18.4 Å². The van der Waals surface area contributed by atoms with Gasteiger partial charge in [0.15, 0.2) is 0 Å². The summed E-state index contributed by atoms with van der Waals surface area (Å²) in [5, 5.41) is 0. The van der Waals surface area contributed by atoms with Crippen molar-refractivity contribution in [2.24, 2.45) is 0 Å². The van der Waals surface area contributed by atoms with Gasteiger partial charge in [-0.1, -0.05) is 36.4 Å². The smallest absolute Gasteiger partial charge is 0.387 e. The number of piperidine rings is 1. The Bertz CT molecular complexity index is 900. The normalized spacial score (nSPS) is 22.8. The minimum Gasteiger partial charge on any atom is -0.435 e. The van der Waals surface area contributed by atoms with Crippen LogP contribution in [-0.4, -0.2) is 48.8 Å². The van der Waals surface area contributed by atoms with Crippen molar-refractivity contribution in [3.8, 4) is 5.75 Å². The maximum atomic E-state index is 13.0. The molecule has 2 aliphatic heterocycles. The van der Waals surface area contributed by atoms with Gasteiger partial charge in [-0.2, -0.15) is 8.78 Å². The van der Waals surface area contributed by atoms with E-state index in [1.54, 1.807) is 17.0 Å². The third kappa shape index (κ3) is 5.27. The number of hydrogen-bond acceptors (Lipinski definition) is 4. The first-order chi connectivity index (χ1) is 15.5. The molecule has 0 aromatic heterocycles. The van der Waals surface area contributed by atoms with Crippen molar-refractivity contribution in [1.82, 2.24) is 4.90 Å². The van der Waals surface area contributed by atoms with Crippen LogP contribution >= 0.6 is 0 Å². The number of hydrogen-bond donors (Lipinski definition) is 0. The molecule has 0 N–H and O–H groups in total. The second-order valence-electron chi connectivity index (χ2n) is 8.42. The first-order valence-electron chi connectivity index (χ1n) is 11.2. The number of nitrogens with zero attached hydrogens (tertiary/aromatic N) is 1. The van der Waals surface area contributed by atoms with Crippen LogP contribution in [0.4, 0.5) is 8.78 Å². The molecular formula is C25H29F2NO4. The fourth-order valence-electron chi connectivity index (χ4n) is 4.80. The van der Waals surface area contributed by atoms with Crippen molar-refractivity contribution in [3.05, 3.63) is 65.7 Å². The van der Waals surface area contributed by atoms with Gasteiger partial charge in [-0.15, -0.1) is 0 Å². The Morgan fingerprint density at radius 3 is 2.59 bits per heavy atom. The van der Waals surface area contributed by atoms with Crippen LogP contribution in [0.2, 0.25) is 0 Å². The van der Waals surface area contributed by atoms with Crippen molar-refractivity contribution >= 4 is 5.91 Å². The van der Waals surface area contributed by atoms with E-state index in [0.29, 0.717) is 38.1 Å². The summed E-state index contributed by atoms with van der Waals surface area (Å²) in [6.07, 6.45) is 3.12. The van der Waals surface area contributed by atoms with Gasteiger partial charge in [0, 0.05) is 38.1 Å². The average Bonchev–Trinajstić information content (AvgIpc) is 2.79. The topological polar surface area (TPSA) is 48.0 Å². The van der Waals surface area contributed by atoms with E-state index in [-0.39, 0.29) is 29.5 Å². The van der Waals surface area contributed by atoms with E-state index < -0.39 is 6.61 Å². The summed E-state index contributed by atoms with van der Waals surface area (Å²) in [6, 6.07) is 16.2. The third-order valence-electron chi connectivity index (χ3n) is 6.31. The minimum atomic E-state index is -2.92. The van der Waals surface area contributed by atoms with Crippen LogP contribution in [0.5, 0.6) is 5.75 Å². The monoisotopic (exact) mass is 445 g/mol. The summed E-state index contributed by atoms with van der Waals surface area (Å²) in [5.74, 6) is -0.198. The average molecular weight is 446 g/mol. The Labute approximate surface area is 187 Å². The summed E-state index contributed by atoms with van der Waals surface area (Å²) in [7, 11) is 0. The van der Waals surface area contributed by atoms with Gasteiger partial charge in [0.05, 0.1) is 17.8 Å². The molecule has 5 nitrogen and oxygen atoms in total. The van der Waals surface area contributed by atoms with Crippen LogP contribution in [0, 0.1) is 0 Å². The highest BCUT2D eigenvalue weighted by Gasteiger charge is 2.45. The van der Waals surface area contributed by atoms with Crippen molar-refractivity contribution in [2.75, 3.05) is 19.7 Å². The highest BCUT2D eigenvalue weighted by Crippen LogP contribution is 2.44. The molecule has 4 rings (SSSR count). The Morgan fingerprint density at radius 2 is 1.91 bits per heavy atom. The molecule has 2 saturated heterocycles. The minimum absolute atomic E-state index is 0.0137. The SMILES string of the molecule is CCOC1CC(c2ccccc2)OC2(CCN(C(=O)c3cccc(OC(F)F)c3)CC2)C1. The molecule has 0 radical (unpaired) electrons. The van der Waals surface area contributed by atoms with Crippen molar-refractivity contribution in [2.45, 2.75) is 57.0 Å². The Hall–Kier alpha value is -2.51. The van der Waals surface area contributed by atoms with Crippen molar-refractivity contribution in [3.63, 3.8) is 0 Å². The molecule has 2 heterocycles. The summed E-state index contributed by atoms with van der Waals surface area (Å²) in [6.45, 7) is 0.823. The standard InChI is InChI=1S/C25H29F2NO4/c1-2-30-21-16-22(18-7-4-3-5-8-18)32-25(17-21)11-13-28(14-12-25)23(29)19-9-6-10-20(15-19)31-24(26)27/h3-10,15,21-22,24H,2,11-14,16-17H2,1H3. The molecule has 0 bridgehead atoms. The molecule has 172 valence electrons. The molecule has 1 spiro atoms. The summed E-state index contributed by atoms with van der Waals surface area (Å²) >= 11 is 0. The lowest BCUT2D eigenvalue weighted by atomic mass is 9.80. The molecule has 2 aromatic carbocycles. The Morgan fingerprint density at radius 1 is 1.16 bits per heavy atom. The van der Waals surface area contributed by atoms with Crippen LogP contribution in [0.15, 0.2) is 54.6 Å². The number of benzene rings is 2. The van der Waals surface area contributed by atoms with Crippen molar-refractivity contribution < 1.29 is 27.8 Å². The number of ether oxygens (including phenoxy) is 3. The van der Waals surface area contributed by atoms with Gasteiger partial charge in [0.2, 0.25) is 0 Å². The molecule has 1 amide bonds. The van der Waals surface area contributed by atoms with Gasteiger partial charge in [0.25, 0.3) is 5.91 Å². The van der Waals surface area contributed by atoms with Crippen molar-refractivity contribution in [1.29, 1.82) is 0 Å². The van der Waals surface area contributed by atoms with Gasteiger partial charge in [-0.25, -0.2) is 0 Å². The summed E-state index contributed by atoms with van der Waals surface area (Å²) in [4.78, 5) is 14.7. The highest BCUT2D eigenvalue weighted by molar-refractivity contribution is 5.94. The van der Waals surface area contributed by atoms with E-state index >= 15 is 0 Å². The molecule has 2 unspecified atom stereocenters. The van der Waals surface area contributed by atoms with E-state index in [9.17, 15) is 13.6 Å². The summed E-state index contributed by atoms with van der Waals surface area (Å²) < 4.78 is 42.1. The Balaban J connectivity index is 1.44. The van der Waals surface area contributed by atoms with E-state index in [1.807, 2.05) is 25.1 Å². The van der Waals surface area contributed by atoms with Crippen LogP contribution in [-0.2, 0) is 9.47 Å². The molecule has 2 atom stereocenters. The van der Waals surface area contributed by atoms with E-state index in [2.05, 4.69) is 16.9 Å². The molecular weight excluding hydrogens is 416 g/mol. The maximum absolute atomic E-state index is 13.0. The number of alkyl halides is 2. The van der Waals surface area contributed by atoms with Gasteiger partial charge in [-0.05, 0) is 43.5 Å². The highest BCUT2D eigenvalue weighted by atomic mass is 19.3. The number of rotatable bonds is 6. The predicted octanol–water partition coefficient (Wildman–Crippen LogP) is 5.22.